The van der Waals surface area contributed by atoms with E-state index in [0.29, 0.717) is 22.4 Å². The molecule has 1 atom stereocenters. The van der Waals surface area contributed by atoms with Gasteiger partial charge in [-0.15, -0.1) is 0 Å². The Bertz CT molecular complexity index is 1220. The summed E-state index contributed by atoms with van der Waals surface area (Å²) in [6, 6.07) is 10.8. The minimum atomic E-state index is -0.632. The van der Waals surface area contributed by atoms with Gasteiger partial charge in [0.25, 0.3) is 0 Å². The molecular formula is C25H27NO5. The molecule has 1 aliphatic rings. The number of aliphatic hydroxyl groups is 1. The normalized spacial score (nSPS) is 15.8. The molecule has 0 saturated carbocycles. The zero-order chi connectivity index (χ0) is 22.3. The number of hydrogen-bond acceptors (Lipinski definition) is 5. The van der Waals surface area contributed by atoms with Gasteiger partial charge in [0.1, 0.15) is 16.9 Å². The maximum absolute atomic E-state index is 12.7. The van der Waals surface area contributed by atoms with Crippen molar-refractivity contribution >= 4 is 22.6 Å². The highest BCUT2D eigenvalue weighted by Crippen LogP contribution is 2.36. The first kappa shape index (κ1) is 21.1. The third-order valence-electron chi connectivity index (χ3n) is 5.84. The molecule has 2 heterocycles. The van der Waals surface area contributed by atoms with Crippen LogP contribution in [0.25, 0.3) is 11.0 Å². The van der Waals surface area contributed by atoms with Crippen LogP contribution in [0.15, 0.2) is 45.6 Å². The fraction of sp³-hybridized carbons (Fsp3) is 0.360. The quantitative estimate of drug-likeness (QED) is 0.608. The minimum absolute atomic E-state index is 0.0936. The molecule has 1 aliphatic heterocycles. The molecule has 0 fully saturated rings. The van der Waals surface area contributed by atoms with Crippen LogP contribution in [0.1, 0.15) is 55.5 Å². The number of benzene rings is 2. The molecule has 1 aromatic heterocycles. The maximum atomic E-state index is 12.7. The number of aliphatic hydroxyl groups excluding tert-OH is 1. The molecule has 3 aromatic rings. The summed E-state index contributed by atoms with van der Waals surface area (Å²) in [4.78, 5) is 25.3. The van der Waals surface area contributed by atoms with E-state index in [1.807, 2.05) is 26.8 Å². The molecule has 0 spiro atoms. The molecule has 2 aromatic carbocycles. The van der Waals surface area contributed by atoms with E-state index in [4.69, 9.17) is 9.15 Å². The van der Waals surface area contributed by atoms with E-state index in [-0.39, 0.29) is 17.9 Å². The van der Waals surface area contributed by atoms with Crippen molar-refractivity contribution in [2.45, 2.75) is 58.7 Å². The number of hydrogen-bond donors (Lipinski definition) is 2. The summed E-state index contributed by atoms with van der Waals surface area (Å²) in [6.07, 6.45) is 1.06. The van der Waals surface area contributed by atoms with Crippen molar-refractivity contribution in [2.24, 2.45) is 0 Å². The van der Waals surface area contributed by atoms with Gasteiger partial charge >= 0.3 is 5.63 Å². The van der Waals surface area contributed by atoms with E-state index in [0.717, 1.165) is 35.1 Å². The third kappa shape index (κ3) is 4.35. The predicted octanol–water partition coefficient (Wildman–Crippen LogP) is 4.44. The summed E-state index contributed by atoms with van der Waals surface area (Å²) >= 11 is 0. The Morgan fingerprint density at radius 2 is 2.03 bits per heavy atom. The van der Waals surface area contributed by atoms with E-state index in [9.17, 15) is 14.7 Å². The van der Waals surface area contributed by atoms with Gasteiger partial charge in [0.2, 0.25) is 5.91 Å². The van der Waals surface area contributed by atoms with Gasteiger partial charge in [0.05, 0.1) is 18.1 Å². The first-order valence-corrected chi connectivity index (χ1v) is 10.5. The molecule has 0 saturated heterocycles. The van der Waals surface area contributed by atoms with Crippen molar-refractivity contribution in [1.82, 2.24) is 0 Å². The lowest BCUT2D eigenvalue weighted by molar-refractivity contribution is -0.115. The molecule has 1 amide bonds. The van der Waals surface area contributed by atoms with Crippen molar-refractivity contribution in [3.8, 4) is 5.75 Å². The third-order valence-corrected chi connectivity index (χ3v) is 5.84. The summed E-state index contributed by atoms with van der Waals surface area (Å²) in [5.41, 5.74) is 3.13. The van der Waals surface area contributed by atoms with E-state index >= 15 is 0 Å². The van der Waals surface area contributed by atoms with Crippen molar-refractivity contribution in [3.05, 3.63) is 69.1 Å². The van der Waals surface area contributed by atoms with Gasteiger partial charge in [0.15, 0.2) is 0 Å². The molecule has 0 aliphatic carbocycles. The smallest absolute Gasteiger partial charge is 0.340 e. The lowest BCUT2D eigenvalue weighted by atomic mass is 9.92. The highest BCUT2D eigenvalue weighted by Gasteiger charge is 2.28. The first-order chi connectivity index (χ1) is 14.6. The van der Waals surface area contributed by atoms with Crippen molar-refractivity contribution in [2.75, 3.05) is 5.32 Å². The lowest BCUT2D eigenvalue weighted by Crippen LogP contribution is -2.32. The highest BCUT2D eigenvalue weighted by molar-refractivity contribution is 5.93. The highest BCUT2D eigenvalue weighted by atomic mass is 16.5. The fourth-order valence-electron chi connectivity index (χ4n) is 3.98. The SMILES string of the molecule is Cc1c(CC(=O)Nc2cccc([C@@H](C)O)c2)c(=O)oc2cc3c(cc12)CCC(C)(C)O3. The Labute approximate surface area is 180 Å². The van der Waals surface area contributed by atoms with Crippen molar-refractivity contribution in [3.63, 3.8) is 0 Å². The van der Waals surface area contributed by atoms with Gasteiger partial charge in [-0.25, -0.2) is 4.79 Å². The van der Waals surface area contributed by atoms with Crippen LogP contribution in [-0.2, 0) is 17.6 Å². The summed E-state index contributed by atoms with van der Waals surface area (Å²) in [6.45, 7) is 7.59. The first-order valence-electron chi connectivity index (χ1n) is 10.5. The standard InChI is InChI=1S/C25H27NO5/c1-14-19-11-17-8-9-25(3,4)31-21(17)13-22(19)30-24(29)20(14)12-23(28)26-18-7-5-6-16(10-18)15(2)27/h5-7,10-11,13,15,27H,8-9,12H2,1-4H3,(H,26,28)/t15-/m1/s1. The summed E-state index contributed by atoms with van der Waals surface area (Å²) < 4.78 is 11.6. The largest absolute Gasteiger partial charge is 0.487 e. The molecule has 2 N–H and O–H groups in total. The second-order valence-electron chi connectivity index (χ2n) is 8.84. The van der Waals surface area contributed by atoms with Gasteiger partial charge in [0, 0.05) is 17.1 Å². The van der Waals surface area contributed by atoms with Gasteiger partial charge in [-0.05, 0) is 75.4 Å². The molecule has 0 unspecified atom stereocenters. The van der Waals surface area contributed by atoms with E-state index < -0.39 is 11.7 Å². The number of carbonyl (C=O) groups excluding carboxylic acids is 1. The van der Waals surface area contributed by atoms with Crippen molar-refractivity contribution in [1.29, 1.82) is 0 Å². The van der Waals surface area contributed by atoms with Crippen LogP contribution in [-0.4, -0.2) is 16.6 Å². The molecule has 6 nitrogen and oxygen atoms in total. The number of ether oxygens (including phenoxy) is 1. The zero-order valence-corrected chi connectivity index (χ0v) is 18.2. The van der Waals surface area contributed by atoms with Gasteiger partial charge in [-0.1, -0.05) is 12.1 Å². The maximum Gasteiger partial charge on any atom is 0.340 e. The topological polar surface area (TPSA) is 88.8 Å². The molecule has 31 heavy (non-hydrogen) atoms. The fourth-order valence-corrected chi connectivity index (χ4v) is 3.98. The number of aryl methyl sites for hydroxylation is 2. The molecular weight excluding hydrogens is 394 g/mol. The Kier molecular flexibility index (Phi) is 5.35. The van der Waals surface area contributed by atoms with Crippen LogP contribution >= 0.6 is 0 Å². The Balaban J connectivity index is 1.63. The molecule has 6 heteroatoms. The number of carbonyl (C=O) groups is 1. The van der Waals surface area contributed by atoms with Gasteiger partial charge in [-0.3, -0.25) is 4.79 Å². The average Bonchev–Trinajstić information content (AvgIpc) is 2.69. The summed E-state index contributed by atoms with van der Waals surface area (Å²) in [5.74, 6) is 0.426. The second kappa shape index (κ2) is 7.85. The van der Waals surface area contributed by atoms with Crippen LogP contribution in [0.4, 0.5) is 5.69 Å². The number of nitrogens with one attached hydrogen (secondary N) is 1. The lowest BCUT2D eigenvalue weighted by Gasteiger charge is -2.32. The minimum Gasteiger partial charge on any atom is -0.487 e. The van der Waals surface area contributed by atoms with Crippen LogP contribution in [0, 0.1) is 6.92 Å². The number of rotatable bonds is 4. The monoisotopic (exact) mass is 421 g/mol. The van der Waals surface area contributed by atoms with Crippen LogP contribution in [0.3, 0.4) is 0 Å². The Morgan fingerprint density at radius 1 is 1.26 bits per heavy atom. The van der Waals surface area contributed by atoms with Gasteiger partial charge < -0.3 is 19.6 Å². The molecule has 4 rings (SSSR count). The van der Waals surface area contributed by atoms with Crippen molar-refractivity contribution < 1.29 is 19.1 Å². The second-order valence-corrected chi connectivity index (χ2v) is 8.84. The molecule has 0 bridgehead atoms. The van der Waals surface area contributed by atoms with E-state index in [1.165, 1.54) is 0 Å². The summed E-state index contributed by atoms with van der Waals surface area (Å²) in [7, 11) is 0. The predicted molar refractivity (Wildman–Crippen MR) is 120 cm³/mol. The van der Waals surface area contributed by atoms with E-state index in [2.05, 4.69) is 5.32 Å². The summed E-state index contributed by atoms with van der Waals surface area (Å²) in [5, 5.41) is 13.3. The van der Waals surface area contributed by atoms with Gasteiger partial charge in [-0.2, -0.15) is 0 Å². The Hall–Kier alpha value is -3.12. The number of amides is 1. The van der Waals surface area contributed by atoms with Crippen LogP contribution in [0.2, 0.25) is 0 Å². The number of fused-ring (bicyclic) bond motifs is 2. The molecule has 162 valence electrons. The number of anilines is 1. The van der Waals surface area contributed by atoms with E-state index in [1.54, 1.807) is 37.3 Å². The van der Waals surface area contributed by atoms with Crippen LogP contribution < -0.4 is 15.7 Å². The average molecular weight is 421 g/mol. The zero-order valence-electron chi connectivity index (χ0n) is 18.2. The van der Waals surface area contributed by atoms with Crippen LogP contribution in [0.5, 0.6) is 5.75 Å². The Morgan fingerprint density at radius 3 is 2.77 bits per heavy atom. The molecule has 0 radical (unpaired) electrons.